The minimum Gasteiger partial charge on any atom is -0.497 e. The third kappa shape index (κ3) is 2.75. The Hall–Kier alpha value is -2.87. The molecule has 4 heterocycles. The van der Waals surface area contributed by atoms with Crippen molar-refractivity contribution in [3.8, 4) is 11.4 Å². The van der Waals surface area contributed by atoms with Gasteiger partial charge in [-0.1, -0.05) is 0 Å². The van der Waals surface area contributed by atoms with Crippen LogP contribution >= 0.6 is 0 Å². The molecular weight excluding hydrogens is 356 g/mol. The van der Waals surface area contributed by atoms with Gasteiger partial charge in [0.1, 0.15) is 11.6 Å². The Labute approximate surface area is 164 Å². The fraction of sp³-hybridized carbons (Fsp3) is 0.450. The van der Waals surface area contributed by atoms with Crippen molar-refractivity contribution < 1.29 is 9.53 Å². The van der Waals surface area contributed by atoms with Gasteiger partial charge in [0.15, 0.2) is 5.82 Å². The molecule has 0 atom stereocenters. The predicted molar refractivity (Wildman–Crippen MR) is 107 cm³/mol. The Bertz CT molecular complexity index is 913. The van der Waals surface area contributed by atoms with E-state index in [-0.39, 0.29) is 6.03 Å². The molecule has 0 saturated carbocycles. The minimum atomic E-state index is -0.00166. The van der Waals surface area contributed by atoms with E-state index in [9.17, 15) is 4.79 Å². The number of benzene rings is 1. The molecule has 0 radical (unpaired) electrons. The van der Waals surface area contributed by atoms with Crippen molar-refractivity contribution in [1.29, 1.82) is 0 Å². The average molecular weight is 380 g/mol. The molecular formula is C20H24N6O2. The number of urea groups is 1. The van der Waals surface area contributed by atoms with E-state index in [4.69, 9.17) is 4.74 Å². The highest BCUT2D eigenvalue weighted by molar-refractivity contribution is 6.19. The molecule has 0 spiro atoms. The van der Waals surface area contributed by atoms with Crippen LogP contribution in [0.3, 0.4) is 0 Å². The van der Waals surface area contributed by atoms with E-state index in [0.29, 0.717) is 19.6 Å². The molecule has 3 aliphatic heterocycles. The van der Waals surface area contributed by atoms with Crippen LogP contribution in [0.15, 0.2) is 35.5 Å². The van der Waals surface area contributed by atoms with Crippen molar-refractivity contribution in [2.24, 2.45) is 4.99 Å². The van der Waals surface area contributed by atoms with Crippen LogP contribution in [0, 0.1) is 0 Å². The van der Waals surface area contributed by atoms with Crippen LogP contribution in [-0.4, -0.2) is 77.8 Å². The third-order valence-corrected chi connectivity index (χ3v) is 5.70. The first-order valence-corrected chi connectivity index (χ1v) is 9.85. The van der Waals surface area contributed by atoms with Crippen molar-refractivity contribution in [1.82, 2.24) is 19.6 Å². The average Bonchev–Trinajstić information content (AvgIpc) is 3.47. The number of ether oxygens (including phenoxy) is 1. The molecule has 1 saturated heterocycles. The number of nitrogens with zero attached hydrogens (tertiary/aromatic N) is 6. The Balaban J connectivity index is 1.53. The number of anilines is 1. The lowest BCUT2D eigenvalue weighted by molar-refractivity contribution is 0.226. The smallest absolute Gasteiger partial charge is 0.331 e. The second-order valence-corrected chi connectivity index (χ2v) is 7.33. The highest BCUT2D eigenvalue weighted by Gasteiger charge is 2.40. The van der Waals surface area contributed by atoms with Gasteiger partial charge in [0.2, 0.25) is 0 Å². The number of hydrogen-bond donors (Lipinski definition) is 0. The summed E-state index contributed by atoms with van der Waals surface area (Å²) in [6.45, 7) is 5.04. The molecule has 2 aromatic rings. The lowest BCUT2D eigenvalue weighted by atomic mass is 10.2. The number of amidine groups is 1. The van der Waals surface area contributed by atoms with Crippen molar-refractivity contribution in [2.75, 3.05) is 51.3 Å². The first-order valence-electron chi connectivity index (χ1n) is 9.85. The van der Waals surface area contributed by atoms with E-state index in [1.54, 1.807) is 12.0 Å². The summed E-state index contributed by atoms with van der Waals surface area (Å²) in [6, 6.07) is 7.72. The van der Waals surface area contributed by atoms with Crippen molar-refractivity contribution in [3.05, 3.63) is 36.0 Å². The molecule has 1 aromatic carbocycles. The van der Waals surface area contributed by atoms with Gasteiger partial charge in [-0.15, -0.1) is 0 Å². The summed E-state index contributed by atoms with van der Waals surface area (Å²) in [6.07, 6.45) is 4.31. The summed E-state index contributed by atoms with van der Waals surface area (Å²) >= 11 is 0. The quantitative estimate of drug-likeness (QED) is 0.796. The number of hydrogen-bond acceptors (Lipinski definition) is 5. The molecule has 0 N–H and O–H groups in total. The number of carbonyl (C=O) groups is 1. The maximum Gasteiger partial charge on any atom is 0.331 e. The van der Waals surface area contributed by atoms with E-state index < -0.39 is 0 Å². The first-order chi connectivity index (χ1) is 13.8. The summed E-state index contributed by atoms with van der Waals surface area (Å²) in [5, 5.41) is 4.61. The molecule has 0 bridgehead atoms. The molecule has 2 amide bonds. The predicted octanol–water partition coefficient (Wildman–Crippen LogP) is 1.98. The zero-order chi connectivity index (χ0) is 19.1. The number of likely N-dealkylation sites (tertiary alicyclic amines) is 1. The van der Waals surface area contributed by atoms with Gasteiger partial charge in [-0.05, 0) is 50.2 Å². The Kier molecular flexibility index (Phi) is 4.27. The van der Waals surface area contributed by atoms with Gasteiger partial charge >= 0.3 is 6.03 Å². The van der Waals surface area contributed by atoms with Crippen LogP contribution in [-0.2, 0) is 0 Å². The van der Waals surface area contributed by atoms with Crippen molar-refractivity contribution >= 4 is 17.7 Å². The molecule has 0 unspecified atom stereocenters. The summed E-state index contributed by atoms with van der Waals surface area (Å²) in [5.41, 5.74) is 1.82. The second-order valence-electron chi connectivity index (χ2n) is 7.33. The highest BCUT2D eigenvalue weighted by atomic mass is 16.5. The number of fused-ring (bicyclic) bond motifs is 3. The molecule has 146 valence electrons. The van der Waals surface area contributed by atoms with Crippen LogP contribution in [0.4, 0.5) is 10.6 Å². The van der Waals surface area contributed by atoms with Crippen molar-refractivity contribution in [2.45, 2.75) is 12.8 Å². The van der Waals surface area contributed by atoms with E-state index in [1.165, 1.54) is 12.8 Å². The number of methoxy groups -OCH3 is 1. The number of carbonyl (C=O) groups excluding carboxylic acids is 1. The Morgan fingerprint density at radius 2 is 1.86 bits per heavy atom. The Morgan fingerprint density at radius 3 is 2.61 bits per heavy atom. The summed E-state index contributed by atoms with van der Waals surface area (Å²) < 4.78 is 7.11. The van der Waals surface area contributed by atoms with Gasteiger partial charge in [0.25, 0.3) is 0 Å². The van der Waals surface area contributed by atoms with Gasteiger partial charge in [-0.25, -0.2) is 9.48 Å². The SMILES string of the molecule is COc1ccc(-n2ncc3c2N(CCN2CCCC2)C(=O)N2CCN=C32)cc1. The van der Waals surface area contributed by atoms with E-state index in [0.717, 1.165) is 48.3 Å². The van der Waals surface area contributed by atoms with Crippen LogP contribution in [0.2, 0.25) is 0 Å². The fourth-order valence-corrected chi connectivity index (χ4v) is 4.22. The molecule has 1 fully saturated rings. The largest absolute Gasteiger partial charge is 0.497 e. The summed E-state index contributed by atoms with van der Waals surface area (Å²) in [4.78, 5) is 23.9. The van der Waals surface area contributed by atoms with Gasteiger partial charge in [0.05, 0.1) is 31.1 Å². The van der Waals surface area contributed by atoms with Crippen LogP contribution in [0.25, 0.3) is 5.69 Å². The highest BCUT2D eigenvalue weighted by Crippen LogP contribution is 2.33. The fourth-order valence-electron chi connectivity index (χ4n) is 4.22. The maximum atomic E-state index is 13.2. The lowest BCUT2D eigenvalue weighted by Gasteiger charge is -2.34. The summed E-state index contributed by atoms with van der Waals surface area (Å²) in [7, 11) is 1.65. The number of rotatable bonds is 5. The monoisotopic (exact) mass is 380 g/mol. The molecule has 0 aliphatic carbocycles. The lowest BCUT2D eigenvalue weighted by Crippen LogP contribution is -2.52. The molecule has 28 heavy (non-hydrogen) atoms. The number of amides is 2. The topological polar surface area (TPSA) is 66.2 Å². The molecule has 5 rings (SSSR count). The molecule has 3 aliphatic rings. The van der Waals surface area contributed by atoms with Gasteiger partial charge < -0.3 is 9.64 Å². The number of aliphatic imine (C=N–C) groups is 1. The van der Waals surface area contributed by atoms with E-state index in [2.05, 4.69) is 15.0 Å². The van der Waals surface area contributed by atoms with Crippen LogP contribution in [0.1, 0.15) is 18.4 Å². The van der Waals surface area contributed by atoms with Gasteiger partial charge in [-0.3, -0.25) is 14.8 Å². The normalized spacial score (nSPS) is 19.0. The molecule has 1 aromatic heterocycles. The van der Waals surface area contributed by atoms with E-state index >= 15 is 0 Å². The standard InChI is InChI=1S/C20H24N6O2/c1-28-16-6-4-15(5-7-16)26-19-17(14-22-26)18-21-8-11-24(18)20(27)25(19)13-12-23-9-2-3-10-23/h4-7,14H,2-3,8-13H2,1H3. The number of aromatic nitrogens is 2. The first kappa shape index (κ1) is 17.2. The minimum absolute atomic E-state index is 0.00166. The molecule has 8 heteroatoms. The van der Waals surface area contributed by atoms with Crippen LogP contribution in [0.5, 0.6) is 5.75 Å². The Morgan fingerprint density at radius 1 is 1.07 bits per heavy atom. The van der Waals surface area contributed by atoms with E-state index in [1.807, 2.05) is 40.0 Å². The third-order valence-electron chi connectivity index (χ3n) is 5.70. The van der Waals surface area contributed by atoms with Gasteiger partial charge in [-0.2, -0.15) is 5.10 Å². The maximum absolute atomic E-state index is 13.2. The zero-order valence-electron chi connectivity index (χ0n) is 16.0. The van der Waals surface area contributed by atoms with Crippen molar-refractivity contribution in [3.63, 3.8) is 0 Å². The van der Waals surface area contributed by atoms with Gasteiger partial charge in [0, 0.05) is 19.6 Å². The molecule has 8 nitrogen and oxygen atoms in total. The second kappa shape index (κ2) is 6.94. The summed E-state index contributed by atoms with van der Waals surface area (Å²) in [5.74, 6) is 2.35. The van der Waals surface area contributed by atoms with Crippen LogP contribution < -0.4 is 9.64 Å². The zero-order valence-corrected chi connectivity index (χ0v) is 16.0.